The molecule has 2 rings (SSSR count). The summed E-state index contributed by atoms with van der Waals surface area (Å²) in [5.74, 6) is 2.37. The lowest BCUT2D eigenvalue weighted by molar-refractivity contribution is -0.126. The van der Waals surface area contributed by atoms with Crippen LogP contribution in [0.5, 0.6) is 0 Å². The predicted molar refractivity (Wildman–Crippen MR) is 69.4 cm³/mol. The van der Waals surface area contributed by atoms with E-state index in [0.29, 0.717) is 18.4 Å². The summed E-state index contributed by atoms with van der Waals surface area (Å²) in [4.78, 5) is 12.1. The van der Waals surface area contributed by atoms with Crippen LogP contribution in [-0.2, 0) is 4.79 Å². The number of amides is 1. The van der Waals surface area contributed by atoms with Crippen molar-refractivity contribution < 1.29 is 4.79 Å². The molecule has 2 fully saturated rings. The van der Waals surface area contributed by atoms with Gasteiger partial charge >= 0.3 is 0 Å². The van der Waals surface area contributed by atoms with Crippen LogP contribution in [0, 0.1) is 23.7 Å². The van der Waals surface area contributed by atoms with Crippen molar-refractivity contribution >= 4 is 5.91 Å². The maximum Gasteiger partial charge on any atom is 0.223 e. The Hall–Kier alpha value is -0.570. The van der Waals surface area contributed by atoms with Crippen LogP contribution in [0.15, 0.2) is 0 Å². The van der Waals surface area contributed by atoms with Crippen LogP contribution in [0.3, 0.4) is 0 Å². The Kier molecular flexibility index (Phi) is 4.43. The van der Waals surface area contributed by atoms with Gasteiger partial charge in [0.2, 0.25) is 5.91 Å². The average Bonchev–Trinajstić information content (AvgIpc) is 2.94. The molecule has 0 aromatic carbocycles. The molecule has 4 atom stereocenters. The van der Waals surface area contributed by atoms with E-state index in [0.717, 1.165) is 25.3 Å². The molecular weight excluding hydrogens is 212 g/mol. The Bertz CT molecular complexity index is 267. The summed E-state index contributed by atoms with van der Waals surface area (Å²) in [7, 11) is 0. The number of hydrogen-bond acceptors (Lipinski definition) is 2. The summed E-state index contributed by atoms with van der Waals surface area (Å²) in [5.41, 5.74) is 5.72. The van der Waals surface area contributed by atoms with Crippen molar-refractivity contribution in [2.45, 2.75) is 45.4 Å². The Morgan fingerprint density at radius 3 is 2.53 bits per heavy atom. The molecule has 3 nitrogen and oxygen atoms in total. The Balaban J connectivity index is 1.77. The minimum atomic E-state index is 0.191. The molecular formula is C14H26N2O. The van der Waals surface area contributed by atoms with Gasteiger partial charge in [0.15, 0.2) is 0 Å². The van der Waals surface area contributed by atoms with Gasteiger partial charge in [-0.1, -0.05) is 26.2 Å². The van der Waals surface area contributed by atoms with E-state index >= 15 is 0 Å². The van der Waals surface area contributed by atoms with Crippen LogP contribution in [0.1, 0.15) is 45.4 Å². The van der Waals surface area contributed by atoms with Crippen molar-refractivity contribution in [2.24, 2.45) is 29.4 Å². The van der Waals surface area contributed by atoms with Crippen LogP contribution >= 0.6 is 0 Å². The molecule has 0 aliphatic heterocycles. The van der Waals surface area contributed by atoms with Crippen LogP contribution in [0.4, 0.5) is 0 Å². The van der Waals surface area contributed by atoms with Crippen molar-refractivity contribution in [1.29, 1.82) is 0 Å². The van der Waals surface area contributed by atoms with E-state index in [1.54, 1.807) is 0 Å². The fourth-order valence-corrected chi connectivity index (χ4v) is 3.55. The second-order valence-corrected chi connectivity index (χ2v) is 5.95. The Morgan fingerprint density at radius 2 is 1.88 bits per heavy atom. The van der Waals surface area contributed by atoms with Gasteiger partial charge in [-0.3, -0.25) is 4.79 Å². The molecule has 3 N–H and O–H groups in total. The molecule has 0 aromatic rings. The number of nitrogens with one attached hydrogen (secondary N) is 1. The molecule has 1 amide bonds. The second-order valence-electron chi connectivity index (χ2n) is 5.95. The third kappa shape index (κ3) is 3.01. The minimum Gasteiger partial charge on any atom is -0.356 e. The molecule has 0 saturated heterocycles. The standard InChI is InChI=1S/C14H26N2O/c1-10-4-2-6-12(10)9-16-14(17)13-7-3-5-11(13)8-15/h10-13H,2-9,15H2,1H3,(H,16,17). The molecule has 17 heavy (non-hydrogen) atoms. The highest BCUT2D eigenvalue weighted by Crippen LogP contribution is 2.32. The smallest absolute Gasteiger partial charge is 0.223 e. The predicted octanol–water partition coefficient (Wildman–Crippen LogP) is 1.91. The van der Waals surface area contributed by atoms with E-state index in [-0.39, 0.29) is 11.8 Å². The lowest BCUT2D eigenvalue weighted by Gasteiger charge is -2.20. The van der Waals surface area contributed by atoms with Crippen molar-refractivity contribution in [2.75, 3.05) is 13.1 Å². The number of nitrogens with two attached hydrogens (primary N) is 1. The van der Waals surface area contributed by atoms with E-state index < -0.39 is 0 Å². The number of hydrogen-bond donors (Lipinski definition) is 2. The summed E-state index contributed by atoms with van der Waals surface area (Å²) in [6.07, 6.45) is 7.28. The van der Waals surface area contributed by atoms with E-state index in [2.05, 4.69) is 12.2 Å². The zero-order valence-electron chi connectivity index (χ0n) is 11.0. The maximum absolute atomic E-state index is 12.1. The largest absolute Gasteiger partial charge is 0.356 e. The van der Waals surface area contributed by atoms with Gasteiger partial charge in [0.25, 0.3) is 0 Å². The number of carbonyl (C=O) groups is 1. The van der Waals surface area contributed by atoms with E-state index in [1.165, 1.54) is 25.7 Å². The van der Waals surface area contributed by atoms with Crippen LogP contribution in [0.25, 0.3) is 0 Å². The maximum atomic E-state index is 12.1. The van der Waals surface area contributed by atoms with Gasteiger partial charge in [0, 0.05) is 12.5 Å². The van der Waals surface area contributed by atoms with Crippen LogP contribution in [0.2, 0.25) is 0 Å². The molecule has 2 aliphatic carbocycles. The van der Waals surface area contributed by atoms with Crippen molar-refractivity contribution in [1.82, 2.24) is 5.32 Å². The second kappa shape index (κ2) is 5.85. The monoisotopic (exact) mass is 238 g/mol. The van der Waals surface area contributed by atoms with Gasteiger partial charge in [-0.15, -0.1) is 0 Å². The summed E-state index contributed by atoms with van der Waals surface area (Å²) >= 11 is 0. The third-order valence-electron chi connectivity index (χ3n) is 4.88. The lowest BCUT2D eigenvalue weighted by Crippen LogP contribution is -2.38. The molecule has 4 unspecified atom stereocenters. The van der Waals surface area contributed by atoms with Gasteiger partial charge in [-0.25, -0.2) is 0 Å². The molecule has 98 valence electrons. The van der Waals surface area contributed by atoms with Crippen molar-refractivity contribution in [3.05, 3.63) is 0 Å². The van der Waals surface area contributed by atoms with Gasteiger partial charge in [-0.2, -0.15) is 0 Å². The normalized spacial score (nSPS) is 37.3. The molecule has 2 aliphatic rings. The third-order valence-corrected chi connectivity index (χ3v) is 4.88. The molecule has 3 heteroatoms. The van der Waals surface area contributed by atoms with Gasteiger partial charge in [0.1, 0.15) is 0 Å². The van der Waals surface area contributed by atoms with Crippen LogP contribution < -0.4 is 11.1 Å². The van der Waals surface area contributed by atoms with Crippen molar-refractivity contribution in [3.8, 4) is 0 Å². The first-order valence-electron chi connectivity index (χ1n) is 7.20. The fraction of sp³-hybridized carbons (Fsp3) is 0.929. The molecule has 0 heterocycles. The SMILES string of the molecule is CC1CCCC1CNC(=O)C1CCCC1CN. The number of carbonyl (C=O) groups excluding carboxylic acids is 1. The van der Waals surface area contributed by atoms with Gasteiger partial charge < -0.3 is 11.1 Å². The minimum absolute atomic E-state index is 0.191. The van der Waals surface area contributed by atoms with Gasteiger partial charge in [0.05, 0.1) is 0 Å². The van der Waals surface area contributed by atoms with Crippen LogP contribution in [-0.4, -0.2) is 19.0 Å². The van der Waals surface area contributed by atoms with E-state index in [1.807, 2.05) is 0 Å². The first-order valence-corrected chi connectivity index (χ1v) is 7.20. The molecule has 0 bridgehead atoms. The Morgan fingerprint density at radius 1 is 1.18 bits per heavy atom. The number of rotatable bonds is 4. The summed E-state index contributed by atoms with van der Waals surface area (Å²) in [6.45, 7) is 3.85. The zero-order valence-corrected chi connectivity index (χ0v) is 11.0. The quantitative estimate of drug-likeness (QED) is 0.786. The highest BCUT2D eigenvalue weighted by atomic mass is 16.1. The highest BCUT2D eigenvalue weighted by Gasteiger charge is 2.32. The topological polar surface area (TPSA) is 55.1 Å². The average molecular weight is 238 g/mol. The lowest BCUT2D eigenvalue weighted by atomic mass is 9.94. The molecule has 0 spiro atoms. The summed E-state index contributed by atoms with van der Waals surface area (Å²) in [5, 5.41) is 3.17. The fourth-order valence-electron chi connectivity index (χ4n) is 3.55. The van der Waals surface area contributed by atoms with E-state index in [4.69, 9.17) is 5.73 Å². The molecule has 2 saturated carbocycles. The first-order chi connectivity index (χ1) is 8.22. The summed E-state index contributed by atoms with van der Waals surface area (Å²) in [6, 6.07) is 0. The van der Waals surface area contributed by atoms with Gasteiger partial charge in [-0.05, 0) is 43.6 Å². The summed E-state index contributed by atoms with van der Waals surface area (Å²) < 4.78 is 0. The van der Waals surface area contributed by atoms with E-state index in [9.17, 15) is 4.79 Å². The Labute approximate surface area is 105 Å². The highest BCUT2D eigenvalue weighted by molar-refractivity contribution is 5.79. The first kappa shape index (κ1) is 12.9. The molecule has 0 radical (unpaired) electrons. The molecule has 0 aromatic heterocycles. The zero-order chi connectivity index (χ0) is 12.3. The van der Waals surface area contributed by atoms with Crippen molar-refractivity contribution in [3.63, 3.8) is 0 Å².